The lowest BCUT2D eigenvalue weighted by atomic mass is 10.2. The van der Waals surface area contributed by atoms with Gasteiger partial charge in [0.25, 0.3) is 5.91 Å². The van der Waals surface area contributed by atoms with E-state index in [2.05, 4.69) is 0 Å². The molecule has 106 valence electrons. The molecule has 1 aromatic carbocycles. The fourth-order valence-electron chi connectivity index (χ4n) is 2.19. The van der Waals surface area contributed by atoms with E-state index in [1.165, 1.54) is 16.7 Å². The van der Waals surface area contributed by atoms with Gasteiger partial charge in [0, 0.05) is 5.75 Å². The van der Waals surface area contributed by atoms with Gasteiger partial charge >= 0.3 is 5.97 Å². The van der Waals surface area contributed by atoms with E-state index in [-0.39, 0.29) is 12.5 Å². The van der Waals surface area contributed by atoms with Gasteiger partial charge in [-0.25, -0.2) is 4.79 Å². The summed E-state index contributed by atoms with van der Waals surface area (Å²) in [6, 6.07) is 6.32. The zero-order valence-electron chi connectivity index (χ0n) is 10.5. The molecular weight excluding hydrogens is 282 g/mol. The van der Waals surface area contributed by atoms with Crippen molar-refractivity contribution in [3.05, 3.63) is 24.3 Å². The van der Waals surface area contributed by atoms with E-state index in [1.54, 1.807) is 18.2 Å². The molecule has 1 fully saturated rings. The summed E-state index contributed by atoms with van der Waals surface area (Å²) in [5.41, 5.74) is 0. The molecule has 2 aliphatic heterocycles. The van der Waals surface area contributed by atoms with Crippen LogP contribution in [0.4, 0.5) is 0 Å². The van der Waals surface area contributed by atoms with Crippen LogP contribution in [0.3, 0.4) is 0 Å². The molecule has 6 nitrogen and oxygen atoms in total. The predicted octanol–water partition coefficient (Wildman–Crippen LogP) is 0.812. The van der Waals surface area contributed by atoms with Gasteiger partial charge in [-0.2, -0.15) is 0 Å². The van der Waals surface area contributed by atoms with Crippen molar-refractivity contribution < 1.29 is 24.2 Å². The Kier molecular flexibility index (Phi) is 3.43. The highest BCUT2D eigenvalue weighted by atomic mass is 32.2. The molecular formula is C13H13NO5S. The average Bonchev–Trinajstić information content (AvgIpc) is 2.95. The van der Waals surface area contributed by atoms with E-state index in [0.717, 1.165) is 0 Å². The monoisotopic (exact) mass is 295 g/mol. The Bertz CT molecular complexity index is 549. The molecule has 2 aliphatic rings. The van der Waals surface area contributed by atoms with Crippen LogP contribution in [0.15, 0.2) is 24.3 Å². The van der Waals surface area contributed by atoms with Crippen molar-refractivity contribution in [2.75, 3.05) is 18.2 Å². The van der Waals surface area contributed by atoms with Crippen LogP contribution in [0.25, 0.3) is 0 Å². The first-order chi connectivity index (χ1) is 9.66. The van der Waals surface area contributed by atoms with Crippen molar-refractivity contribution in [1.82, 2.24) is 4.90 Å². The van der Waals surface area contributed by atoms with Crippen molar-refractivity contribution in [3.63, 3.8) is 0 Å². The number of aliphatic carboxylic acids is 1. The number of thioether (sulfide) groups is 1. The van der Waals surface area contributed by atoms with E-state index in [4.69, 9.17) is 14.6 Å². The molecule has 1 unspecified atom stereocenters. The number of benzene rings is 1. The third-order valence-electron chi connectivity index (χ3n) is 3.23. The third kappa shape index (κ3) is 2.29. The van der Waals surface area contributed by atoms with E-state index in [0.29, 0.717) is 23.1 Å². The summed E-state index contributed by atoms with van der Waals surface area (Å²) in [6.45, 7) is 0.101. The van der Waals surface area contributed by atoms with E-state index < -0.39 is 18.1 Å². The summed E-state index contributed by atoms with van der Waals surface area (Å²) in [5, 5.41) is 9.11. The van der Waals surface area contributed by atoms with Gasteiger partial charge in [0.15, 0.2) is 11.5 Å². The van der Waals surface area contributed by atoms with Gasteiger partial charge in [0.05, 0.1) is 5.88 Å². The maximum atomic E-state index is 12.4. The summed E-state index contributed by atoms with van der Waals surface area (Å²) in [6.07, 6.45) is -0.787. The van der Waals surface area contributed by atoms with Crippen LogP contribution in [-0.2, 0) is 9.59 Å². The Balaban J connectivity index is 1.74. The second-order valence-corrected chi connectivity index (χ2v) is 5.53. The molecule has 2 heterocycles. The standard InChI is InChI=1S/C13H13NO5S/c15-12(14-7-20-6-8(14)13(16)17)11-5-18-9-3-1-2-4-10(9)19-11/h1-4,8,11H,5-7H2,(H,16,17)/t8-,11?/m0/s1. The molecule has 0 aromatic heterocycles. The fourth-order valence-corrected chi connectivity index (χ4v) is 3.35. The number of ether oxygens (including phenoxy) is 2. The maximum Gasteiger partial charge on any atom is 0.327 e. The van der Waals surface area contributed by atoms with Crippen LogP contribution in [0, 0.1) is 0 Å². The van der Waals surface area contributed by atoms with Crippen LogP contribution in [0.5, 0.6) is 11.5 Å². The Morgan fingerprint density at radius 3 is 2.80 bits per heavy atom. The van der Waals surface area contributed by atoms with Gasteiger partial charge in [-0.15, -0.1) is 11.8 Å². The lowest BCUT2D eigenvalue weighted by molar-refractivity contribution is -0.152. The minimum Gasteiger partial charge on any atom is -0.485 e. The number of hydrogen-bond acceptors (Lipinski definition) is 5. The molecule has 1 saturated heterocycles. The molecule has 20 heavy (non-hydrogen) atoms. The van der Waals surface area contributed by atoms with Gasteiger partial charge < -0.3 is 19.5 Å². The number of para-hydroxylation sites is 2. The average molecular weight is 295 g/mol. The van der Waals surface area contributed by atoms with Crippen molar-refractivity contribution in [3.8, 4) is 11.5 Å². The zero-order chi connectivity index (χ0) is 14.1. The second kappa shape index (κ2) is 5.24. The normalized spacial score (nSPS) is 24.5. The first-order valence-electron chi connectivity index (χ1n) is 6.16. The van der Waals surface area contributed by atoms with Gasteiger partial charge in [0.2, 0.25) is 6.10 Å². The van der Waals surface area contributed by atoms with Crippen molar-refractivity contribution in [1.29, 1.82) is 0 Å². The van der Waals surface area contributed by atoms with Gasteiger partial charge in [0.1, 0.15) is 12.6 Å². The Morgan fingerprint density at radius 2 is 2.05 bits per heavy atom. The summed E-state index contributed by atoms with van der Waals surface area (Å²) in [5.74, 6) is 0.568. The number of carbonyl (C=O) groups excluding carboxylic acids is 1. The topological polar surface area (TPSA) is 76.1 Å². The highest BCUT2D eigenvalue weighted by Crippen LogP contribution is 2.32. The van der Waals surface area contributed by atoms with Crippen molar-refractivity contribution in [2.24, 2.45) is 0 Å². The fraction of sp³-hybridized carbons (Fsp3) is 0.385. The van der Waals surface area contributed by atoms with Crippen LogP contribution in [-0.4, -0.2) is 52.3 Å². The SMILES string of the molecule is O=C(O)[C@@H]1CSCN1C(=O)C1COc2ccccc2O1. The quantitative estimate of drug-likeness (QED) is 0.870. The lowest BCUT2D eigenvalue weighted by Gasteiger charge is -2.29. The van der Waals surface area contributed by atoms with E-state index >= 15 is 0 Å². The first-order valence-corrected chi connectivity index (χ1v) is 7.32. The molecule has 0 saturated carbocycles. The molecule has 0 bridgehead atoms. The zero-order valence-corrected chi connectivity index (χ0v) is 11.3. The number of rotatable bonds is 2. The minimum absolute atomic E-state index is 0.101. The van der Waals surface area contributed by atoms with Crippen LogP contribution >= 0.6 is 11.8 Å². The number of hydrogen-bond donors (Lipinski definition) is 1. The first kappa shape index (κ1) is 13.1. The number of carbonyl (C=O) groups is 2. The molecule has 1 aromatic rings. The van der Waals surface area contributed by atoms with Gasteiger partial charge in [-0.05, 0) is 12.1 Å². The number of nitrogens with zero attached hydrogens (tertiary/aromatic N) is 1. The maximum absolute atomic E-state index is 12.4. The predicted molar refractivity (Wildman–Crippen MR) is 71.9 cm³/mol. The van der Waals surface area contributed by atoms with Crippen molar-refractivity contribution in [2.45, 2.75) is 12.1 Å². The van der Waals surface area contributed by atoms with Gasteiger partial charge in [-0.3, -0.25) is 4.79 Å². The summed E-state index contributed by atoms with van der Waals surface area (Å²) < 4.78 is 11.1. The van der Waals surface area contributed by atoms with Gasteiger partial charge in [-0.1, -0.05) is 12.1 Å². The number of amides is 1. The molecule has 7 heteroatoms. The molecule has 0 radical (unpaired) electrons. The second-order valence-electron chi connectivity index (χ2n) is 4.53. The number of carboxylic acids is 1. The molecule has 3 rings (SSSR count). The number of fused-ring (bicyclic) bond motifs is 1. The summed E-state index contributed by atoms with van der Waals surface area (Å²) in [7, 11) is 0. The smallest absolute Gasteiger partial charge is 0.327 e. The summed E-state index contributed by atoms with van der Waals surface area (Å²) >= 11 is 1.42. The lowest BCUT2D eigenvalue weighted by Crippen LogP contribution is -2.50. The third-order valence-corrected chi connectivity index (χ3v) is 4.25. The van der Waals surface area contributed by atoms with E-state index in [1.807, 2.05) is 6.07 Å². The Hall–Kier alpha value is -1.89. The Morgan fingerprint density at radius 1 is 1.30 bits per heavy atom. The molecule has 1 amide bonds. The molecule has 0 spiro atoms. The van der Waals surface area contributed by atoms with E-state index in [9.17, 15) is 9.59 Å². The van der Waals surface area contributed by atoms with Crippen LogP contribution in [0.2, 0.25) is 0 Å². The molecule has 2 atom stereocenters. The highest BCUT2D eigenvalue weighted by Gasteiger charge is 2.40. The Labute approximate surface area is 119 Å². The molecule has 1 N–H and O–H groups in total. The highest BCUT2D eigenvalue weighted by molar-refractivity contribution is 7.99. The molecule has 0 aliphatic carbocycles. The van der Waals surface area contributed by atoms with Crippen molar-refractivity contribution >= 4 is 23.6 Å². The van der Waals surface area contributed by atoms with Crippen LogP contribution < -0.4 is 9.47 Å². The number of carboxylic acid groups (broad SMARTS) is 1. The van der Waals surface area contributed by atoms with Crippen LogP contribution in [0.1, 0.15) is 0 Å². The largest absolute Gasteiger partial charge is 0.485 e. The minimum atomic E-state index is -0.986. The summed E-state index contributed by atoms with van der Waals surface area (Å²) in [4.78, 5) is 24.8.